The van der Waals surface area contributed by atoms with E-state index in [-0.39, 0.29) is 6.61 Å². The van der Waals surface area contributed by atoms with Crippen LogP contribution in [0.4, 0.5) is 0 Å². The number of methoxy groups -OCH3 is 2. The largest absolute Gasteiger partial charge is 0.496 e. The number of carboxylic acids is 1. The van der Waals surface area contributed by atoms with Gasteiger partial charge in [0.25, 0.3) is 0 Å². The van der Waals surface area contributed by atoms with Crippen molar-refractivity contribution in [2.75, 3.05) is 20.8 Å². The molecule has 19 heavy (non-hydrogen) atoms. The van der Waals surface area contributed by atoms with Gasteiger partial charge in [0, 0.05) is 13.2 Å². The minimum atomic E-state index is -0.973. The van der Waals surface area contributed by atoms with E-state index in [0.717, 1.165) is 28.0 Å². The lowest BCUT2D eigenvalue weighted by molar-refractivity contribution is -0.131. The van der Waals surface area contributed by atoms with E-state index in [1.54, 1.807) is 14.2 Å². The number of hydrogen-bond acceptors (Lipinski definition) is 3. The van der Waals surface area contributed by atoms with Crippen LogP contribution in [0, 0.1) is 20.8 Å². The molecule has 1 aromatic rings. The van der Waals surface area contributed by atoms with Gasteiger partial charge >= 0.3 is 5.97 Å². The number of aryl methyl sites for hydroxylation is 1. The first-order chi connectivity index (χ1) is 8.92. The lowest BCUT2D eigenvalue weighted by Gasteiger charge is -2.18. The molecule has 104 valence electrons. The third-order valence-corrected chi connectivity index (χ3v) is 3.19. The average Bonchev–Trinajstić information content (AvgIpc) is 2.33. The van der Waals surface area contributed by atoms with Gasteiger partial charge in [-0.1, -0.05) is 0 Å². The van der Waals surface area contributed by atoms with Crippen LogP contribution in [0.15, 0.2) is 12.1 Å². The Hall–Kier alpha value is -1.81. The summed E-state index contributed by atoms with van der Waals surface area (Å²) in [6.45, 7) is 6.13. The molecule has 0 aliphatic heterocycles. The molecule has 1 aromatic carbocycles. The molecule has 0 unspecified atom stereocenters. The summed E-state index contributed by atoms with van der Waals surface area (Å²) < 4.78 is 10.4. The van der Waals surface area contributed by atoms with Gasteiger partial charge in [0.2, 0.25) is 0 Å². The van der Waals surface area contributed by atoms with E-state index in [1.807, 2.05) is 26.8 Å². The van der Waals surface area contributed by atoms with E-state index < -0.39 is 5.97 Å². The SMILES string of the molecule is COC/C(=C\C(=O)O)c1c(C)cc(OC)c(C)c1C. The number of carboxylic acid groups (broad SMARTS) is 1. The van der Waals surface area contributed by atoms with Gasteiger partial charge in [-0.25, -0.2) is 4.79 Å². The predicted molar refractivity (Wildman–Crippen MR) is 74.7 cm³/mol. The number of ether oxygens (including phenoxy) is 2. The third-order valence-electron chi connectivity index (χ3n) is 3.19. The number of aliphatic carboxylic acids is 1. The van der Waals surface area contributed by atoms with Crippen LogP contribution in [0.5, 0.6) is 5.75 Å². The molecule has 0 aromatic heterocycles. The molecular formula is C15H20O4. The Bertz CT molecular complexity index is 515. The second kappa shape index (κ2) is 6.38. The first-order valence-electron chi connectivity index (χ1n) is 6.00. The molecular weight excluding hydrogens is 244 g/mol. The number of hydrogen-bond donors (Lipinski definition) is 1. The average molecular weight is 264 g/mol. The number of carbonyl (C=O) groups is 1. The Labute approximate surface area is 113 Å². The van der Waals surface area contributed by atoms with Crippen molar-refractivity contribution in [2.24, 2.45) is 0 Å². The van der Waals surface area contributed by atoms with Crippen LogP contribution in [-0.2, 0) is 9.53 Å². The topological polar surface area (TPSA) is 55.8 Å². The second-order valence-corrected chi connectivity index (χ2v) is 4.46. The van der Waals surface area contributed by atoms with Crippen LogP contribution >= 0.6 is 0 Å². The zero-order valence-electron chi connectivity index (χ0n) is 12.0. The molecule has 0 atom stereocenters. The van der Waals surface area contributed by atoms with Gasteiger partial charge in [-0.15, -0.1) is 0 Å². The van der Waals surface area contributed by atoms with Crippen LogP contribution in [0.1, 0.15) is 22.3 Å². The molecule has 0 saturated heterocycles. The summed E-state index contributed by atoms with van der Waals surface area (Å²) in [5.74, 6) is -0.162. The minimum Gasteiger partial charge on any atom is -0.496 e. The number of benzene rings is 1. The zero-order valence-corrected chi connectivity index (χ0v) is 12.0. The van der Waals surface area contributed by atoms with E-state index in [2.05, 4.69) is 0 Å². The van der Waals surface area contributed by atoms with Crippen molar-refractivity contribution in [3.05, 3.63) is 34.4 Å². The Morgan fingerprint density at radius 1 is 1.26 bits per heavy atom. The maximum Gasteiger partial charge on any atom is 0.328 e. The summed E-state index contributed by atoms with van der Waals surface area (Å²) in [6, 6.07) is 1.92. The summed E-state index contributed by atoms with van der Waals surface area (Å²) in [7, 11) is 3.18. The molecule has 0 radical (unpaired) electrons. The highest BCUT2D eigenvalue weighted by Crippen LogP contribution is 2.31. The van der Waals surface area contributed by atoms with Crippen molar-refractivity contribution in [3.63, 3.8) is 0 Å². The Morgan fingerprint density at radius 3 is 2.37 bits per heavy atom. The molecule has 4 heteroatoms. The highest BCUT2D eigenvalue weighted by molar-refractivity contribution is 5.91. The maximum atomic E-state index is 10.9. The van der Waals surface area contributed by atoms with Crippen molar-refractivity contribution in [3.8, 4) is 5.75 Å². The van der Waals surface area contributed by atoms with Crippen molar-refractivity contribution >= 4 is 11.5 Å². The highest BCUT2D eigenvalue weighted by atomic mass is 16.5. The monoisotopic (exact) mass is 264 g/mol. The van der Waals surface area contributed by atoms with Crippen molar-refractivity contribution < 1.29 is 19.4 Å². The quantitative estimate of drug-likeness (QED) is 0.831. The van der Waals surface area contributed by atoms with Crippen LogP contribution in [0.25, 0.3) is 5.57 Å². The van der Waals surface area contributed by atoms with E-state index in [4.69, 9.17) is 14.6 Å². The van der Waals surface area contributed by atoms with Crippen molar-refractivity contribution in [1.29, 1.82) is 0 Å². The first-order valence-corrected chi connectivity index (χ1v) is 6.00. The summed E-state index contributed by atoms with van der Waals surface area (Å²) >= 11 is 0. The van der Waals surface area contributed by atoms with Crippen LogP contribution in [0.3, 0.4) is 0 Å². The summed E-state index contributed by atoms with van der Waals surface area (Å²) in [5.41, 5.74) is 4.58. The molecule has 0 saturated carbocycles. The lowest BCUT2D eigenvalue weighted by atomic mass is 9.92. The predicted octanol–water partition coefficient (Wildman–Crippen LogP) is 2.73. The molecule has 0 aliphatic rings. The van der Waals surface area contributed by atoms with Gasteiger partial charge in [0.1, 0.15) is 5.75 Å². The van der Waals surface area contributed by atoms with E-state index in [1.165, 1.54) is 6.08 Å². The third kappa shape index (κ3) is 3.35. The molecule has 1 N–H and O–H groups in total. The van der Waals surface area contributed by atoms with Gasteiger partial charge in [0.05, 0.1) is 13.7 Å². The normalized spacial score (nSPS) is 11.5. The van der Waals surface area contributed by atoms with E-state index >= 15 is 0 Å². The van der Waals surface area contributed by atoms with Crippen LogP contribution in [-0.4, -0.2) is 31.9 Å². The summed E-state index contributed by atoms with van der Waals surface area (Å²) in [5, 5.41) is 8.97. The summed E-state index contributed by atoms with van der Waals surface area (Å²) in [4.78, 5) is 10.9. The van der Waals surface area contributed by atoms with E-state index in [0.29, 0.717) is 5.57 Å². The second-order valence-electron chi connectivity index (χ2n) is 4.46. The van der Waals surface area contributed by atoms with Crippen LogP contribution < -0.4 is 4.74 Å². The van der Waals surface area contributed by atoms with Gasteiger partial charge in [0.15, 0.2) is 0 Å². The van der Waals surface area contributed by atoms with E-state index in [9.17, 15) is 4.79 Å². The number of rotatable bonds is 5. The molecule has 0 fully saturated rings. The maximum absolute atomic E-state index is 10.9. The smallest absolute Gasteiger partial charge is 0.328 e. The van der Waals surface area contributed by atoms with Gasteiger partial charge in [-0.2, -0.15) is 0 Å². The molecule has 0 spiro atoms. The molecule has 0 bridgehead atoms. The van der Waals surface area contributed by atoms with Crippen molar-refractivity contribution in [1.82, 2.24) is 0 Å². The zero-order chi connectivity index (χ0) is 14.6. The Kier molecular flexibility index (Phi) is 5.12. The summed E-state index contributed by atoms with van der Waals surface area (Å²) in [6.07, 6.45) is 1.20. The fraction of sp³-hybridized carbons (Fsp3) is 0.400. The first kappa shape index (κ1) is 15.2. The van der Waals surface area contributed by atoms with Gasteiger partial charge in [-0.05, 0) is 54.7 Å². The molecule has 0 aliphatic carbocycles. The molecule has 1 rings (SSSR count). The fourth-order valence-electron chi connectivity index (χ4n) is 2.24. The fourth-order valence-corrected chi connectivity index (χ4v) is 2.24. The Morgan fingerprint density at radius 2 is 1.89 bits per heavy atom. The Balaban J connectivity index is 3.47. The molecule has 4 nitrogen and oxygen atoms in total. The standard InChI is InChI=1S/C15H20O4/c1-9-6-13(19-5)10(2)11(3)15(9)12(8-18-4)7-14(16)17/h6-7H,8H2,1-5H3,(H,16,17)/b12-7+. The molecule has 0 amide bonds. The minimum absolute atomic E-state index is 0.264. The molecule has 0 heterocycles. The van der Waals surface area contributed by atoms with Gasteiger partial charge in [-0.3, -0.25) is 0 Å². The lowest BCUT2D eigenvalue weighted by Crippen LogP contribution is -2.05. The van der Waals surface area contributed by atoms with Crippen molar-refractivity contribution in [2.45, 2.75) is 20.8 Å². The van der Waals surface area contributed by atoms with Gasteiger partial charge < -0.3 is 14.6 Å². The van der Waals surface area contributed by atoms with Crippen LogP contribution in [0.2, 0.25) is 0 Å². The highest BCUT2D eigenvalue weighted by Gasteiger charge is 2.15.